The number of nitrogens with one attached hydrogen (secondary N) is 1. The minimum Gasteiger partial charge on any atom is -0.373 e. The van der Waals surface area contributed by atoms with Crippen molar-refractivity contribution < 1.29 is 0 Å². The van der Waals surface area contributed by atoms with Gasteiger partial charge in [0.15, 0.2) is 0 Å². The van der Waals surface area contributed by atoms with E-state index in [-0.39, 0.29) is 0 Å². The molecule has 0 aliphatic carbocycles. The van der Waals surface area contributed by atoms with Crippen LogP contribution in [0.4, 0.5) is 5.82 Å². The SMILES string of the molecule is CNc1nc2c(ccc3ccccc32)cc1C(C)C. The predicted molar refractivity (Wildman–Crippen MR) is 82.9 cm³/mol. The van der Waals surface area contributed by atoms with E-state index in [1.54, 1.807) is 0 Å². The normalized spacial score (nSPS) is 11.4. The standard InChI is InChI=1S/C17H18N2/c1-11(2)15-10-13-9-8-12-6-4-5-7-14(12)16(13)19-17(15)18-3/h4-11H,1-3H3,(H,18,19). The molecule has 1 N–H and O–H groups in total. The number of nitrogens with zero attached hydrogens (tertiary/aromatic N) is 1. The van der Waals surface area contributed by atoms with Crippen molar-refractivity contribution in [3.05, 3.63) is 48.0 Å². The van der Waals surface area contributed by atoms with Crippen LogP contribution in [0.5, 0.6) is 0 Å². The molecular weight excluding hydrogens is 232 g/mol. The number of hydrogen-bond acceptors (Lipinski definition) is 2. The zero-order valence-corrected chi connectivity index (χ0v) is 11.6. The highest BCUT2D eigenvalue weighted by molar-refractivity contribution is 6.05. The molecule has 0 amide bonds. The number of rotatable bonds is 2. The van der Waals surface area contributed by atoms with Gasteiger partial charge >= 0.3 is 0 Å². The minimum absolute atomic E-state index is 0.464. The zero-order chi connectivity index (χ0) is 13.4. The van der Waals surface area contributed by atoms with Gasteiger partial charge in [0.2, 0.25) is 0 Å². The fourth-order valence-corrected chi connectivity index (χ4v) is 2.57. The molecule has 2 heteroatoms. The largest absolute Gasteiger partial charge is 0.373 e. The summed E-state index contributed by atoms with van der Waals surface area (Å²) in [5.74, 6) is 1.45. The zero-order valence-electron chi connectivity index (χ0n) is 11.6. The van der Waals surface area contributed by atoms with E-state index in [2.05, 4.69) is 61.6 Å². The first-order chi connectivity index (χ1) is 9.20. The third-order valence-electron chi connectivity index (χ3n) is 3.60. The van der Waals surface area contributed by atoms with Gasteiger partial charge < -0.3 is 5.32 Å². The predicted octanol–water partition coefficient (Wildman–Crippen LogP) is 4.55. The Kier molecular flexibility index (Phi) is 2.86. The smallest absolute Gasteiger partial charge is 0.129 e. The molecule has 0 radical (unpaired) electrons. The lowest BCUT2D eigenvalue weighted by atomic mass is 9.99. The molecule has 19 heavy (non-hydrogen) atoms. The molecule has 0 saturated heterocycles. The molecule has 0 saturated carbocycles. The summed E-state index contributed by atoms with van der Waals surface area (Å²) in [6.45, 7) is 4.40. The van der Waals surface area contributed by atoms with E-state index in [4.69, 9.17) is 4.98 Å². The molecule has 0 spiro atoms. The lowest BCUT2D eigenvalue weighted by Crippen LogP contribution is -2.01. The van der Waals surface area contributed by atoms with Crippen molar-refractivity contribution in [2.24, 2.45) is 0 Å². The first-order valence-corrected chi connectivity index (χ1v) is 6.71. The fraction of sp³-hybridized carbons (Fsp3) is 0.235. The van der Waals surface area contributed by atoms with Crippen LogP contribution < -0.4 is 5.32 Å². The Morgan fingerprint density at radius 1 is 1.00 bits per heavy atom. The number of hydrogen-bond donors (Lipinski definition) is 1. The van der Waals surface area contributed by atoms with Gasteiger partial charge in [0, 0.05) is 17.8 Å². The summed E-state index contributed by atoms with van der Waals surface area (Å²) in [6, 6.07) is 15.0. The highest BCUT2D eigenvalue weighted by atomic mass is 15.0. The summed E-state index contributed by atoms with van der Waals surface area (Å²) in [5, 5.41) is 6.88. The van der Waals surface area contributed by atoms with Crippen molar-refractivity contribution in [2.45, 2.75) is 19.8 Å². The molecule has 0 fully saturated rings. The Labute approximate surface area is 113 Å². The average Bonchev–Trinajstić information content (AvgIpc) is 2.45. The van der Waals surface area contributed by atoms with E-state index >= 15 is 0 Å². The van der Waals surface area contributed by atoms with Gasteiger partial charge in [-0.3, -0.25) is 0 Å². The van der Waals surface area contributed by atoms with E-state index < -0.39 is 0 Å². The van der Waals surface area contributed by atoms with E-state index in [1.807, 2.05) is 7.05 Å². The molecule has 96 valence electrons. The Morgan fingerprint density at radius 2 is 1.74 bits per heavy atom. The van der Waals surface area contributed by atoms with Gasteiger partial charge in [-0.1, -0.05) is 50.2 Å². The maximum atomic E-state index is 4.83. The number of benzene rings is 2. The summed E-state index contributed by atoms with van der Waals surface area (Å²) < 4.78 is 0. The van der Waals surface area contributed by atoms with Crippen molar-refractivity contribution in [3.8, 4) is 0 Å². The third-order valence-corrected chi connectivity index (χ3v) is 3.60. The topological polar surface area (TPSA) is 24.9 Å². The van der Waals surface area contributed by atoms with Crippen LogP contribution in [0.15, 0.2) is 42.5 Å². The molecule has 0 aliphatic heterocycles. The Bertz CT molecular complexity index is 745. The lowest BCUT2D eigenvalue weighted by Gasteiger charge is -2.14. The highest BCUT2D eigenvalue weighted by Gasteiger charge is 2.10. The van der Waals surface area contributed by atoms with E-state index in [0.717, 1.165) is 11.3 Å². The molecule has 0 unspecified atom stereocenters. The second-order valence-corrected chi connectivity index (χ2v) is 5.19. The molecule has 1 aromatic heterocycles. The van der Waals surface area contributed by atoms with Gasteiger partial charge in [0.25, 0.3) is 0 Å². The molecular formula is C17H18N2. The van der Waals surface area contributed by atoms with Gasteiger partial charge in [-0.05, 0) is 22.9 Å². The molecule has 0 bridgehead atoms. The Hall–Kier alpha value is -2.09. The van der Waals surface area contributed by atoms with Gasteiger partial charge in [0.05, 0.1) is 5.52 Å². The number of fused-ring (bicyclic) bond motifs is 3. The number of pyridine rings is 1. The van der Waals surface area contributed by atoms with Crippen LogP contribution >= 0.6 is 0 Å². The van der Waals surface area contributed by atoms with Crippen LogP contribution in [0.3, 0.4) is 0 Å². The minimum atomic E-state index is 0.464. The maximum Gasteiger partial charge on any atom is 0.129 e. The van der Waals surface area contributed by atoms with Crippen LogP contribution in [0, 0.1) is 0 Å². The molecule has 2 aromatic carbocycles. The monoisotopic (exact) mass is 250 g/mol. The third kappa shape index (κ3) is 1.93. The van der Waals surface area contributed by atoms with Crippen LogP contribution in [-0.4, -0.2) is 12.0 Å². The van der Waals surface area contributed by atoms with Crippen LogP contribution in [0.25, 0.3) is 21.7 Å². The highest BCUT2D eigenvalue weighted by Crippen LogP contribution is 2.30. The maximum absolute atomic E-state index is 4.83. The van der Waals surface area contributed by atoms with Gasteiger partial charge in [-0.25, -0.2) is 4.98 Å². The first kappa shape index (κ1) is 12.0. The van der Waals surface area contributed by atoms with Crippen molar-refractivity contribution in [1.82, 2.24) is 4.98 Å². The van der Waals surface area contributed by atoms with Crippen molar-refractivity contribution in [1.29, 1.82) is 0 Å². The molecule has 0 aliphatic rings. The van der Waals surface area contributed by atoms with E-state index in [0.29, 0.717) is 5.92 Å². The van der Waals surface area contributed by atoms with Crippen LogP contribution in [0.1, 0.15) is 25.3 Å². The Balaban J connectivity index is 2.41. The summed E-state index contributed by atoms with van der Waals surface area (Å²) in [7, 11) is 1.94. The summed E-state index contributed by atoms with van der Waals surface area (Å²) >= 11 is 0. The van der Waals surface area contributed by atoms with Crippen molar-refractivity contribution >= 4 is 27.5 Å². The van der Waals surface area contributed by atoms with E-state index in [9.17, 15) is 0 Å². The first-order valence-electron chi connectivity index (χ1n) is 6.71. The van der Waals surface area contributed by atoms with Crippen LogP contribution in [0.2, 0.25) is 0 Å². The van der Waals surface area contributed by atoms with Crippen molar-refractivity contribution in [3.63, 3.8) is 0 Å². The molecule has 1 heterocycles. The van der Waals surface area contributed by atoms with Gasteiger partial charge in [0.1, 0.15) is 5.82 Å². The van der Waals surface area contributed by atoms with Gasteiger partial charge in [-0.2, -0.15) is 0 Å². The second kappa shape index (κ2) is 4.54. The quantitative estimate of drug-likeness (QED) is 0.675. The summed E-state index contributed by atoms with van der Waals surface area (Å²) in [6.07, 6.45) is 0. The average molecular weight is 250 g/mol. The second-order valence-electron chi connectivity index (χ2n) is 5.19. The summed E-state index contributed by atoms with van der Waals surface area (Å²) in [4.78, 5) is 4.83. The number of anilines is 1. The Morgan fingerprint density at radius 3 is 2.47 bits per heavy atom. The molecule has 2 nitrogen and oxygen atoms in total. The summed E-state index contributed by atoms with van der Waals surface area (Å²) in [5.41, 5.74) is 2.34. The molecule has 3 rings (SSSR count). The molecule has 3 aromatic rings. The molecule has 0 atom stereocenters. The lowest BCUT2D eigenvalue weighted by molar-refractivity contribution is 0.864. The van der Waals surface area contributed by atoms with Crippen LogP contribution in [-0.2, 0) is 0 Å². The fourth-order valence-electron chi connectivity index (χ4n) is 2.57. The number of aromatic nitrogens is 1. The van der Waals surface area contributed by atoms with Gasteiger partial charge in [-0.15, -0.1) is 0 Å². The van der Waals surface area contributed by atoms with Crippen molar-refractivity contribution in [2.75, 3.05) is 12.4 Å². The van der Waals surface area contributed by atoms with E-state index in [1.165, 1.54) is 21.7 Å².